The van der Waals surface area contributed by atoms with Crippen LogP contribution in [-0.4, -0.2) is 15.7 Å². The van der Waals surface area contributed by atoms with Crippen molar-refractivity contribution >= 4 is 5.91 Å². The molecule has 0 fully saturated rings. The minimum Gasteiger partial charge on any atom is -0.471 e. The Bertz CT molecular complexity index is 928. The van der Waals surface area contributed by atoms with E-state index >= 15 is 0 Å². The third-order valence-corrected chi connectivity index (χ3v) is 4.98. The fourth-order valence-corrected chi connectivity index (χ4v) is 3.10. The van der Waals surface area contributed by atoms with Crippen LogP contribution in [0.2, 0.25) is 0 Å². The molecule has 0 spiro atoms. The van der Waals surface area contributed by atoms with Crippen molar-refractivity contribution in [3.63, 3.8) is 0 Å². The number of hydrogen-bond donors (Lipinski definition) is 1. The summed E-state index contributed by atoms with van der Waals surface area (Å²) in [5.41, 5.74) is 3.95. The molecule has 0 aliphatic heterocycles. The van der Waals surface area contributed by atoms with Gasteiger partial charge >= 0.3 is 0 Å². The summed E-state index contributed by atoms with van der Waals surface area (Å²) in [6.07, 6.45) is 2.56. The SMILES string of the molecule is CCC(NC(=O)c1ccn(COc2ccc(C(C)C)cc2)n1)c1ccc(C)cc1. The predicted octanol–water partition coefficient (Wildman–Crippen LogP) is 5.23. The molecule has 3 aromatic rings. The van der Waals surface area contributed by atoms with Crippen molar-refractivity contribution in [2.45, 2.75) is 52.8 Å². The first-order valence-electron chi connectivity index (χ1n) is 10.1. The van der Waals surface area contributed by atoms with Gasteiger partial charge in [-0.05, 0) is 48.6 Å². The van der Waals surface area contributed by atoms with Crippen LogP contribution in [0.4, 0.5) is 0 Å². The minimum atomic E-state index is -0.183. The highest BCUT2D eigenvalue weighted by Gasteiger charge is 2.16. The van der Waals surface area contributed by atoms with Crippen LogP contribution in [0.3, 0.4) is 0 Å². The molecule has 0 saturated carbocycles. The van der Waals surface area contributed by atoms with Crippen molar-refractivity contribution in [3.8, 4) is 5.75 Å². The summed E-state index contributed by atoms with van der Waals surface area (Å²) in [6.45, 7) is 8.68. The van der Waals surface area contributed by atoms with E-state index in [1.807, 2.05) is 12.1 Å². The van der Waals surface area contributed by atoms with Gasteiger partial charge in [-0.15, -0.1) is 0 Å². The van der Waals surface area contributed by atoms with Crippen LogP contribution in [-0.2, 0) is 6.73 Å². The van der Waals surface area contributed by atoms with Crippen molar-refractivity contribution in [1.82, 2.24) is 15.1 Å². The maximum atomic E-state index is 12.6. The summed E-state index contributed by atoms with van der Waals surface area (Å²) in [7, 11) is 0. The maximum absolute atomic E-state index is 12.6. The van der Waals surface area contributed by atoms with Crippen molar-refractivity contribution < 1.29 is 9.53 Å². The quantitative estimate of drug-likeness (QED) is 0.572. The number of nitrogens with one attached hydrogen (secondary N) is 1. The fourth-order valence-electron chi connectivity index (χ4n) is 3.10. The van der Waals surface area contributed by atoms with Crippen molar-refractivity contribution in [2.75, 3.05) is 0 Å². The lowest BCUT2D eigenvalue weighted by atomic mass is 10.0. The summed E-state index contributed by atoms with van der Waals surface area (Å²) in [5, 5.41) is 7.41. The van der Waals surface area contributed by atoms with Gasteiger partial charge in [0.2, 0.25) is 0 Å². The third-order valence-electron chi connectivity index (χ3n) is 4.98. The molecule has 0 aliphatic rings. The Balaban J connectivity index is 1.58. The topological polar surface area (TPSA) is 56.2 Å². The van der Waals surface area contributed by atoms with E-state index in [0.29, 0.717) is 11.6 Å². The molecule has 3 rings (SSSR count). The smallest absolute Gasteiger partial charge is 0.272 e. The molecule has 1 aromatic heterocycles. The summed E-state index contributed by atoms with van der Waals surface area (Å²) in [5.74, 6) is 1.09. The number of rotatable bonds is 8. The van der Waals surface area contributed by atoms with Gasteiger partial charge in [0.05, 0.1) is 6.04 Å². The van der Waals surface area contributed by atoms with Gasteiger partial charge in [0.1, 0.15) is 11.4 Å². The highest BCUT2D eigenvalue weighted by Crippen LogP contribution is 2.19. The van der Waals surface area contributed by atoms with Crippen molar-refractivity contribution in [3.05, 3.63) is 83.2 Å². The molecule has 0 aliphatic carbocycles. The number of ether oxygens (including phenoxy) is 1. The van der Waals surface area contributed by atoms with Crippen LogP contribution in [0, 0.1) is 6.92 Å². The Hall–Kier alpha value is -3.08. The van der Waals surface area contributed by atoms with Crippen LogP contribution in [0.25, 0.3) is 0 Å². The second-order valence-electron chi connectivity index (χ2n) is 7.58. The molecule has 1 atom stereocenters. The Morgan fingerprint density at radius 3 is 2.31 bits per heavy atom. The first-order valence-corrected chi connectivity index (χ1v) is 10.1. The summed E-state index contributed by atoms with van der Waals surface area (Å²) >= 11 is 0. The van der Waals surface area contributed by atoms with Gasteiger partial charge in [0.25, 0.3) is 5.91 Å². The van der Waals surface area contributed by atoms with Gasteiger partial charge in [-0.25, -0.2) is 4.68 Å². The summed E-state index contributed by atoms with van der Waals surface area (Å²) < 4.78 is 7.39. The van der Waals surface area contributed by atoms with E-state index in [2.05, 4.69) is 74.5 Å². The predicted molar refractivity (Wildman–Crippen MR) is 115 cm³/mol. The van der Waals surface area contributed by atoms with E-state index in [4.69, 9.17) is 4.74 Å². The van der Waals surface area contributed by atoms with E-state index in [1.165, 1.54) is 11.1 Å². The number of carbonyl (C=O) groups is 1. The molecule has 29 heavy (non-hydrogen) atoms. The molecular weight excluding hydrogens is 362 g/mol. The zero-order valence-corrected chi connectivity index (χ0v) is 17.6. The van der Waals surface area contributed by atoms with Crippen molar-refractivity contribution in [1.29, 1.82) is 0 Å². The van der Waals surface area contributed by atoms with Crippen LogP contribution < -0.4 is 10.1 Å². The van der Waals surface area contributed by atoms with Crippen LogP contribution in [0.5, 0.6) is 5.75 Å². The molecule has 152 valence electrons. The number of benzene rings is 2. The lowest BCUT2D eigenvalue weighted by Crippen LogP contribution is -2.28. The second-order valence-corrected chi connectivity index (χ2v) is 7.58. The summed E-state index contributed by atoms with van der Waals surface area (Å²) in [4.78, 5) is 12.6. The van der Waals surface area contributed by atoms with Gasteiger partial charge in [0.15, 0.2) is 6.73 Å². The standard InChI is InChI=1S/C24H29N3O2/c1-5-22(20-8-6-18(4)7-9-20)25-24(28)23-14-15-27(26-23)16-29-21-12-10-19(11-13-21)17(2)3/h6-15,17,22H,5,16H2,1-4H3,(H,25,28). The normalized spacial score (nSPS) is 12.0. The molecule has 1 N–H and O–H groups in total. The van der Waals surface area contributed by atoms with E-state index in [0.717, 1.165) is 17.7 Å². The Morgan fingerprint density at radius 2 is 1.69 bits per heavy atom. The molecule has 0 saturated heterocycles. The minimum absolute atomic E-state index is 0.0380. The third kappa shape index (κ3) is 5.47. The van der Waals surface area contributed by atoms with Gasteiger partial charge in [-0.2, -0.15) is 5.10 Å². The monoisotopic (exact) mass is 391 g/mol. The Kier molecular flexibility index (Phi) is 6.70. The fraction of sp³-hybridized carbons (Fsp3) is 0.333. The number of carbonyl (C=O) groups excluding carboxylic acids is 1. The molecular formula is C24H29N3O2. The molecule has 5 heteroatoms. The molecule has 2 aromatic carbocycles. The molecule has 0 bridgehead atoms. The number of hydrogen-bond acceptors (Lipinski definition) is 3. The van der Waals surface area contributed by atoms with Gasteiger partial charge < -0.3 is 10.1 Å². The number of nitrogens with zero attached hydrogens (tertiary/aromatic N) is 2. The van der Waals surface area contributed by atoms with E-state index in [9.17, 15) is 4.79 Å². The maximum Gasteiger partial charge on any atom is 0.272 e. The van der Waals surface area contributed by atoms with Gasteiger partial charge in [-0.1, -0.05) is 62.7 Å². The van der Waals surface area contributed by atoms with Crippen LogP contribution in [0.15, 0.2) is 60.8 Å². The van der Waals surface area contributed by atoms with Crippen LogP contribution in [0.1, 0.15) is 66.3 Å². The van der Waals surface area contributed by atoms with Gasteiger partial charge in [-0.3, -0.25) is 4.79 Å². The second kappa shape index (κ2) is 9.41. The Labute approximate surface area is 172 Å². The van der Waals surface area contributed by atoms with Crippen molar-refractivity contribution in [2.24, 2.45) is 0 Å². The molecule has 1 amide bonds. The zero-order chi connectivity index (χ0) is 20.8. The van der Waals surface area contributed by atoms with E-state index in [-0.39, 0.29) is 18.7 Å². The van der Waals surface area contributed by atoms with E-state index in [1.54, 1.807) is 16.9 Å². The van der Waals surface area contributed by atoms with Gasteiger partial charge in [0, 0.05) is 6.20 Å². The molecule has 0 radical (unpaired) electrons. The lowest BCUT2D eigenvalue weighted by molar-refractivity contribution is 0.0928. The summed E-state index contributed by atoms with van der Waals surface area (Å²) in [6, 6.07) is 18.0. The molecule has 5 nitrogen and oxygen atoms in total. The molecule has 1 heterocycles. The Morgan fingerprint density at radius 1 is 1.03 bits per heavy atom. The molecule has 1 unspecified atom stereocenters. The number of amides is 1. The highest BCUT2D eigenvalue weighted by molar-refractivity contribution is 5.92. The average Bonchev–Trinajstić information content (AvgIpc) is 3.20. The largest absolute Gasteiger partial charge is 0.471 e. The number of aromatic nitrogens is 2. The zero-order valence-electron chi connectivity index (χ0n) is 17.6. The highest BCUT2D eigenvalue weighted by atomic mass is 16.5. The average molecular weight is 392 g/mol. The first kappa shape index (κ1) is 20.6. The number of aryl methyl sites for hydroxylation is 1. The van der Waals surface area contributed by atoms with E-state index < -0.39 is 0 Å². The van der Waals surface area contributed by atoms with Crippen LogP contribution >= 0.6 is 0 Å². The first-order chi connectivity index (χ1) is 14.0. The lowest BCUT2D eigenvalue weighted by Gasteiger charge is -2.17.